The zero-order valence-corrected chi connectivity index (χ0v) is 15.5. The second kappa shape index (κ2) is 7.66. The topological polar surface area (TPSA) is 75.6 Å². The zero-order valence-electron chi connectivity index (χ0n) is 14.6. The van der Waals surface area contributed by atoms with Gasteiger partial charge in [-0.25, -0.2) is 0 Å². The number of benzene rings is 1. The van der Waals surface area contributed by atoms with Crippen LogP contribution in [0.5, 0.6) is 0 Å². The minimum atomic E-state index is -4.47. The van der Waals surface area contributed by atoms with Crippen LogP contribution in [0.4, 0.5) is 18.9 Å². The van der Waals surface area contributed by atoms with Gasteiger partial charge in [-0.15, -0.1) is 0 Å². The molecule has 1 aliphatic rings. The van der Waals surface area contributed by atoms with Crippen LogP contribution in [0.2, 0.25) is 0 Å². The highest BCUT2D eigenvalue weighted by atomic mass is 32.3. The molecule has 0 saturated carbocycles. The summed E-state index contributed by atoms with van der Waals surface area (Å²) >= 11 is 0. The Morgan fingerprint density at radius 2 is 1.77 bits per heavy atom. The lowest BCUT2D eigenvalue weighted by atomic mass is 10.0. The Morgan fingerprint density at radius 1 is 1.23 bits per heavy atom. The predicted octanol–water partition coefficient (Wildman–Crippen LogP) is 3.82. The highest BCUT2D eigenvalue weighted by molar-refractivity contribution is 7.99. The number of rotatable bonds is 5. The normalized spacial score (nSPS) is 19.0. The lowest BCUT2D eigenvalue weighted by molar-refractivity contribution is -0.137. The monoisotopic (exact) mass is 394 g/mol. The molecule has 0 bridgehead atoms. The lowest BCUT2D eigenvalue weighted by Crippen LogP contribution is -2.50. The zero-order chi connectivity index (χ0) is 19.6. The minimum absolute atomic E-state index is 0.000561. The molecule has 1 aromatic rings. The maximum Gasteiger partial charge on any atom is 0.416 e. The predicted molar refractivity (Wildman–Crippen MR) is 93.2 cm³/mol. The Bertz CT molecular complexity index is 682. The Kier molecular flexibility index (Phi) is 6.14. The summed E-state index contributed by atoms with van der Waals surface area (Å²) in [6, 6.07) is 3.94. The highest BCUT2D eigenvalue weighted by Crippen LogP contribution is 2.32. The van der Waals surface area contributed by atoms with Crippen LogP contribution < -0.4 is 5.32 Å². The van der Waals surface area contributed by atoms with Crippen LogP contribution in [-0.4, -0.2) is 34.2 Å². The third kappa shape index (κ3) is 4.83. The smallest absolute Gasteiger partial charge is 0.381 e. The first-order valence-corrected chi connectivity index (χ1v) is 9.92. The summed E-state index contributed by atoms with van der Waals surface area (Å²) in [5.41, 5.74) is -0.697. The fourth-order valence-corrected chi connectivity index (χ4v) is 4.34. The number of alkyl halides is 3. The molecule has 1 atom stereocenters. The molecular weight excluding hydrogens is 371 g/mol. The number of ether oxygens (including phenoxy) is 1. The van der Waals surface area contributed by atoms with Gasteiger partial charge in [-0.2, -0.15) is 17.7 Å². The molecule has 5 nitrogen and oxygen atoms in total. The number of carbonyl (C=O) groups is 1. The van der Waals surface area contributed by atoms with Gasteiger partial charge >= 0.3 is 6.18 Å². The van der Waals surface area contributed by atoms with Crippen LogP contribution in [0.25, 0.3) is 0 Å². The largest absolute Gasteiger partial charge is 0.416 e. The molecule has 146 valence electrons. The van der Waals surface area contributed by atoms with Gasteiger partial charge in [0.05, 0.1) is 5.56 Å². The summed E-state index contributed by atoms with van der Waals surface area (Å²) < 4.78 is 64.7. The van der Waals surface area contributed by atoms with E-state index in [1.54, 1.807) is 0 Å². The summed E-state index contributed by atoms with van der Waals surface area (Å²) in [4.78, 5) is 12.5. The van der Waals surface area contributed by atoms with Crippen molar-refractivity contribution >= 4 is 21.8 Å². The molecule has 1 unspecified atom stereocenters. The first-order valence-electron chi connectivity index (χ1n) is 8.24. The van der Waals surface area contributed by atoms with Crippen molar-refractivity contribution in [3.63, 3.8) is 0 Å². The van der Waals surface area contributed by atoms with Gasteiger partial charge in [0.2, 0.25) is 15.0 Å². The van der Waals surface area contributed by atoms with Crippen molar-refractivity contribution in [3.05, 3.63) is 29.8 Å². The van der Waals surface area contributed by atoms with Crippen LogP contribution in [-0.2, 0) is 30.1 Å². The van der Waals surface area contributed by atoms with Gasteiger partial charge in [-0.1, -0.05) is 4.21 Å². The third-order valence-electron chi connectivity index (χ3n) is 4.62. The second-order valence-electron chi connectivity index (χ2n) is 6.90. The molecule has 0 spiro atoms. The molecular formula is C17H23F3NO4S+. The maximum absolute atomic E-state index is 12.8. The molecule has 1 fully saturated rings. The van der Waals surface area contributed by atoms with Crippen molar-refractivity contribution < 1.29 is 31.5 Å². The van der Waals surface area contributed by atoms with E-state index < -0.39 is 32.6 Å². The van der Waals surface area contributed by atoms with E-state index in [1.165, 1.54) is 13.8 Å². The fraction of sp³-hybridized carbons (Fsp3) is 0.588. The van der Waals surface area contributed by atoms with Gasteiger partial charge in [0.15, 0.2) is 0 Å². The van der Waals surface area contributed by atoms with Gasteiger partial charge in [-0.05, 0) is 51.0 Å². The number of nitrogens with one attached hydrogen (secondary N) is 1. The van der Waals surface area contributed by atoms with Crippen molar-refractivity contribution in [1.29, 1.82) is 0 Å². The molecule has 0 radical (unpaired) electrons. The fourth-order valence-electron chi connectivity index (χ4n) is 2.61. The van der Waals surface area contributed by atoms with E-state index in [4.69, 9.17) is 4.74 Å². The molecule has 1 aromatic carbocycles. The molecule has 2 rings (SSSR count). The van der Waals surface area contributed by atoms with E-state index in [0.29, 0.717) is 26.1 Å². The maximum atomic E-state index is 12.8. The summed E-state index contributed by atoms with van der Waals surface area (Å²) in [7, 11) is -3.51. The van der Waals surface area contributed by atoms with Crippen molar-refractivity contribution in [2.45, 2.75) is 37.6 Å². The molecule has 0 aromatic heterocycles. The summed E-state index contributed by atoms with van der Waals surface area (Å²) in [5.74, 6) is -0.722. The molecule has 1 amide bonds. The molecule has 1 aliphatic heterocycles. The number of hydrogen-bond donors (Lipinski definition) is 2. The van der Waals surface area contributed by atoms with Gasteiger partial charge in [0.1, 0.15) is 5.75 Å². The average molecular weight is 394 g/mol. The third-order valence-corrected chi connectivity index (χ3v) is 7.32. The van der Waals surface area contributed by atoms with Gasteiger partial charge in [-0.3, -0.25) is 4.79 Å². The van der Waals surface area contributed by atoms with Gasteiger partial charge in [0, 0.05) is 24.8 Å². The Hall–Kier alpha value is -1.45. The van der Waals surface area contributed by atoms with Crippen LogP contribution in [0, 0.1) is 5.92 Å². The quantitative estimate of drug-likeness (QED) is 0.745. The Morgan fingerprint density at radius 3 is 2.27 bits per heavy atom. The number of carbonyl (C=O) groups excluding carboxylic acids is 1. The first-order chi connectivity index (χ1) is 11.9. The second-order valence-corrected chi connectivity index (χ2v) is 9.54. The molecule has 9 heteroatoms. The first kappa shape index (κ1) is 20.9. The van der Waals surface area contributed by atoms with E-state index in [0.717, 1.165) is 24.3 Å². The molecule has 0 aliphatic carbocycles. The van der Waals surface area contributed by atoms with E-state index in [1.807, 2.05) is 0 Å². The average Bonchev–Trinajstić information content (AvgIpc) is 2.54. The van der Waals surface area contributed by atoms with Gasteiger partial charge in [0.25, 0.3) is 5.91 Å². The summed E-state index contributed by atoms with van der Waals surface area (Å²) in [5, 5.41) is 2.43. The van der Waals surface area contributed by atoms with Crippen LogP contribution >= 0.6 is 0 Å². The highest BCUT2D eigenvalue weighted by Gasteiger charge is 2.53. The van der Waals surface area contributed by atoms with Crippen molar-refractivity contribution in [2.75, 3.05) is 24.3 Å². The van der Waals surface area contributed by atoms with E-state index >= 15 is 0 Å². The molecule has 1 heterocycles. The minimum Gasteiger partial charge on any atom is -0.381 e. The Labute approximate surface area is 151 Å². The van der Waals surface area contributed by atoms with E-state index in [-0.39, 0.29) is 17.4 Å². The van der Waals surface area contributed by atoms with Crippen LogP contribution in [0.1, 0.15) is 32.3 Å². The number of halogens is 3. The SMILES string of the molecule is CC(C)(C(=O)Nc1ccc(C(F)(F)F)cc1)[S+](=O)(O)CC1CCOCC1. The van der Waals surface area contributed by atoms with Gasteiger partial charge < -0.3 is 10.1 Å². The van der Waals surface area contributed by atoms with Crippen LogP contribution in [0.3, 0.4) is 0 Å². The van der Waals surface area contributed by atoms with E-state index in [9.17, 15) is 26.7 Å². The van der Waals surface area contributed by atoms with Crippen molar-refractivity contribution in [1.82, 2.24) is 0 Å². The van der Waals surface area contributed by atoms with E-state index in [2.05, 4.69) is 5.32 Å². The summed E-state index contributed by atoms with van der Waals surface area (Å²) in [6.07, 6.45) is -3.15. The Balaban J connectivity index is 2.07. The molecule has 2 N–H and O–H groups in total. The van der Waals surface area contributed by atoms with Crippen molar-refractivity contribution in [3.8, 4) is 0 Å². The van der Waals surface area contributed by atoms with Crippen molar-refractivity contribution in [2.24, 2.45) is 5.92 Å². The standard InChI is InChI=1S/C17H22F3NO4S/c1-16(2,26(23,24)11-12-7-9-25-10-8-12)15(22)21-14-5-3-13(4-6-14)17(18,19)20/h3-6,12H,7-11H2,1-2H3,(H-,21,22,23,24)/p+1. The summed E-state index contributed by atoms with van der Waals surface area (Å²) in [6.45, 7) is 3.79. The van der Waals surface area contributed by atoms with Crippen LogP contribution in [0.15, 0.2) is 24.3 Å². The molecule has 26 heavy (non-hydrogen) atoms. The lowest BCUT2D eigenvalue weighted by Gasteiger charge is -2.27. The number of amides is 1. The number of hydrogen-bond acceptors (Lipinski definition) is 3. The number of anilines is 1. The molecule has 1 saturated heterocycles.